The molecule has 1 N–H and O–H groups in total. The SMILES string of the molecule is COc1ccc(C2(NC(=O)c3ccccc3)CC2)cc1. The smallest absolute Gasteiger partial charge is 0.251 e. The molecule has 2 aromatic carbocycles. The zero-order valence-corrected chi connectivity index (χ0v) is 11.4. The number of methoxy groups -OCH3 is 1. The van der Waals surface area contributed by atoms with Crippen LogP contribution in [0.25, 0.3) is 0 Å². The van der Waals surface area contributed by atoms with Gasteiger partial charge in [0.05, 0.1) is 12.6 Å². The van der Waals surface area contributed by atoms with Gasteiger partial charge in [-0.2, -0.15) is 0 Å². The summed E-state index contributed by atoms with van der Waals surface area (Å²) in [5, 5.41) is 3.16. The van der Waals surface area contributed by atoms with E-state index in [1.54, 1.807) is 7.11 Å². The number of ether oxygens (including phenoxy) is 1. The first-order chi connectivity index (χ1) is 9.73. The van der Waals surface area contributed by atoms with Crippen LogP contribution >= 0.6 is 0 Å². The highest BCUT2D eigenvalue weighted by atomic mass is 16.5. The number of benzene rings is 2. The van der Waals surface area contributed by atoms with Crippen LogP contribution in [0.15, 0.2) is 54.6 Å². The summed E-state index contributed by atoms with van der Waals surface area (Å²) in [6.45, 7) is 0. The molecular weight excluding hydrogens is 250 g/mol. The quantitative estimate of drug-likeness (QED) is 0.924. The first-order valence-corrected chi connectivity index (χ1v) is 6.76. The lowest BCUT2D eigenvalue weighted by Gasteiger charge is -2.18. The maximum Gasteiger partial charge on any atom is 0.251 e. The molecule has 0 unspecified atom stereocenters. The third-order valence-electron chi connectivity index (χ3n) is 3.78. The Kier molecular flexibility index (Phi) is 3.18. The van der Waals surface area contributed by atoms with Crippen molar-refractivity contribution in [2.24, 2.45) is 0 Å². The summed E-state index contributed by atoms with van der Waals surface area (Å²) < 4.78 is 5.17. The van der Waals surface area contributed by atoms with Gasteiger partial charge in [0.1, 0.15) is 5.75 Å². The zero-order valence-electron chi connectivity index (χ0n) is 11.4. The molecule has 3 rings (SSSR count). The summed E-state index contributed by atoms with van der Waals surface area (Å²) in [4.78, 5) is 12.3. The largest absolute Gasteiger partial charge is 0.497 e. The van der Waals surface area contributed by atoms with Crippen molar-refractivity contribution in [1.82, 2.24) is 5.32 Å². The third kappa shape index (κ3) is 2.39. The van der Waals surface area contributed by atoms with Crippen LogP contribution in [0.4, 0.5) is 0 Å². The van der Waals surface area contributed by atoms with Gasteiger partial charge in [-0.15, -0.1) is 0 Å². The molecule has 2 aromatic rings. The molecule has 0 atom stereocenters. The van der Waals surface area contributed by atoms with E-state index in [0.29, 0.717) is 5.56 Å². The van der Waals surface area contributed by atoms with E-state index in [1.165, 1.54) is 0 Å². The van der Waals surface area contributed by atoms with Crippen molar-refractivity contribution in [1.29, 1.82) is 0 Å². The number of carbonyl (C=O) groups excluding carboxylic acids is 1. The molecule has 0 heterocycles. The lowest BCUT2D eigenvalue weighted by atomic mass is 10.0. The normalized spacial score (nSPS) is 15.4. The average Bonchev–Trinajstić information content (AvgIpc) is 3.29. The Labute approximate surface area is 118 Å². The number of nitrogens with one attached hydrogen (secondary N) is 1. The van der Waals surface area contributed by atoms with Crippen molar-refractivity contribution in [3.05, 3.63) is 65.7 Å². The van der Waals surface area contributed by atoms with E-state index < -0.39 is 0 Å². The average molecular weight is 267 g/mol. The Morgan fingerprint density at radius 3 is 2.25 bits per heavy atom. The monoisotopic (exact) mass is 267 g/mol. The number of hydrogen-bond donors (Lipinski definition) is 1. The Bertz CT molecular complexity index is 601. The molecule has 102 valence electrons. The second kappa shape index (κ2) is 5.00. The van der Waals surface area contributed by atoms with Crippen molar-refractivity contribution in [2.45, 2.75) is 18.4 Å². The van der Waals surface area contributed by atoms with Gasteiger partial charge in [-0.1, -0.05) is 30.3 Å². The molecule has 0 spiro atoms. The Hall–Kier alpha value is -2.29. The molecule has 0 bridgehead atoms. The number of hydrogen-bond acceptors (Lipinski definition) is 2. The summed E-state index contributed by atoms with van der Waals surface area (Å²) in [5.74, 6) is 0.817. The molecule has 0 saturated heterocycles. The molecule has 1 amide bonds. The van der Waals surface area contributed by atoms with Crippen LogP contribution < -0.4 is 10.1 Å². The van der Waals surface area contributed by atoms with Crippen LogP contribution in [0, 0.1) is 0 Å². The van der Waals surface area contributed by atoms with Crippen LogP contribution in [-0.2, 0) is 5.54 Å². The summed E-state index contributed by atoms with van der Waals surface area (Å²) in [5.41, 5.74) is 1.65. The second-order valence-electron chi connectivity index (χ2n) is 5.13. The predicted molar refractivity (Wildman–Crippen MR) is 77.8 cm³/mol. The van der Waals surface area contributed by atoms with Crippen molar-refractivity contribution in [2.75, 3.05) is 7.11 Å². The summed E-state index contributed by atoms with van der Waals surface area (Å²) in [6.07, 6.45) is 1.97. The zero-order chi connectivity index (χ0) is 14.0. The molecule has 3 heteroatoms. The number of rotatable bonds is 4. The fourth-order valence-electron chi connectivity index (χ4n) is 2.40. The summed E-state index contributed by atoms with van der Waals surface area (Å²) >= 11 is 0. The molecular formula is C17H17NO2. The topological polar surface area (TPSA) is 38.3 Å². The molecule has 1 aliphatic rings. The van der Waals surface area contributed by atoms with Gasteiger partial charge in [-0.05, 0) is 42.7 Å². The van der Waals surface area contributed by atoms with E-state index >= 15 is 0 Å². The fourth-order valence-corrected chi connectivity index (χ4v) is 2.40. The van der Waals surface area contributed by atoms with Gasteiger partial charge in [0.2, 0.25) is 0 Å². The van der Waals surface area contributed by atoms with Crippen LogP contribution in [0.1, 0.15) is 28.8 Å². The minimum Gasteiger partial charge on any atom is -0.497 e. The van der Waals surface area contributed by atoms with E-state index in [-0.39, 0.29) is 11.4 Å². The van der Waals surface area contributed by atoms with Crippen molar-refractivity contribution >= 4 is 5.91 Å². The Balaban J connectivity index is 1.77. The maximum atomic E-state index is 12.3. The highest BCUT2D eigenvalue weighted by Crippen LogP contribution is 2.46. The molecule has 20 heavy (non-hydrogen) atoms. The Morgan fingerprint density at radius 1 is 1.05 bits per heavy atom. The maximum absolute atomic E-state index is 12.3. The fraction of sp³-hybridized carbons (Fsp3) is 0.235. The van der Waals surface area contributed by atoms with Gasteiger partial charge < -0.3 is 10.1 Å². The van der Waals surface area contributed by atoms with Crippen LogP contribution in [-0.4, -0.2) is 13.0 Å². The Morgan fingerprint density at radius 2 is 1.70 bits per heavy atom. The molecule has 0 radical (unpaired) electrons. The number of amides is 1. The van der Waals surface area contributed by atoms with Crippen LogP contribution in [0.2, 0.25) is 0 Å². The molecule has 1 fully saturated rings. The van der Waals surface area contributed by atoms with E-state index in [1.807, 2.05) is 54.6 Å². The van der Waals surface area contributed by atoms with Crippen molar-refractivity contribution in [3.8, 4) is 5.75 Å². The lowest BCUT2D eigenvalue weighted by molar-refractivity contribution is 0.0931. The molecule has 1 saturated carbocycles. The van der Waals surface area contributed by atoms with Gasteiger partial charge in [0, 0.05) is 5.56 Å². The van der Waals surface area contributed by atoms with Gasteiger partial charge in [-0.3, -0.25) is 4.79 Å². The first-order valence-electron chi connectivity index (χ1n) is 6.76. The number of carbonyl (C=O) groups is 1. The molecule has 0 aromatic heterocycles. The van der Waals surface area contributed by atoms with Crippen LogP contribution in [0.3, 0.4) is 0 Å². The minimum absolute atomic E-state index is 0.0149. The van der Waals surface area contributed by atoms with E-state index in [4.69, 9.17) is 4.74 Å². The highest BCUT2D eigenvalue weighted by Gasteiger charge is 2.45. The summed E-state index contributed by atoms with van der Waals surface area (Å²) in [6, 6.07) is 17.2. The lowest BCUT2D eigenvalue weighted by Crippen LogP contribution is -2.34. The molecule has 1 aliphatic carbocycles. The molecule has 0 aliphatic heterocycles. The van der Waals surface area contributed by atoms with Gasteiger partial charge in [-0.25, -0.2) is 0 Å². The molecule has 3 nitrogen and oxygen atoms in total. The minimum atomic E-state index is -0.195. The standard InChI is InChI=1S/C17H17NO2/c1-20-15-9-7-14(8-10-15)17(11-12-17)18-16(19)13-5-3-2-4-6-13/h2-10H,11-12H2,1H3,(H,18,19). The van der Waals surface area contributed by atoms with Crippen molar-refractivity contribution in [3.63, 3.8) is 0 Å². The van der Waals surface area contributed by atoms with E-state index in [9.17, 15) is 4.79 Å². The van der Waals surface area contributed by atoms with E-state index in [2.05, 4.69) is 5.32 Å². The van der Waals surface area contributed by atoms with Gasteiger partial charge in [0.15, 0.2) is 0 Å². The van der Waals surface area contributed by atoms with Crippen LogP contribution in [0.5, 0.6) is 5.75 Å². The van der Waals surface area contributed by atoms with Gasteiger partial charge >= 0.3 is 0 Å². The van der Waals surface area contributed by atoms with Crippen molar-refractivity contribution < 1.29 is 9.53 Å². The van der Waals surface area contributed by atoms with Gasteiger partial charge in [0.25, 0.3) is 5.91 Å². The summed E-state index contributed by atoms with van der Waals surface area (Å²) in [7, 11) is 1.65. The third-order valence-corrected chi connectivity index (χ3v) is 3.78. The predicted octanol–water partition coefficient (Wildman–Crippen LogP) is 3.11. The second-order valence-corrected chi connectivity index (χ2v) is 5.13. The highest BCUT2D eigenvalue weighted by molar-refractivity contribution is 5.95. The van der Waals surface area contributed by atoms with E-state index in [0.717, 1.165) is 24.2 Å². The first kappa shape index (κ1) is 12.7.